The zero-order valence-electron chi connectivity index (χ0n) is 17.3. The molecule has 0 spiro atoms. The summed E-state index contributed by atoms with van der Waals surface area (Å²) in [7, 11) is 0. The first-order valence-corrected chi connectivity index (χ1v) is 10.8. The molecule has 1 aliphatic rings. The number of rotatable bonds is 6. The number of halogens is 1. The zero-order valence-corrected chi connectivity index (χ0v) is 18.0. The van der Waals surface area contributed by atoms with Crippen molar-refractivity contribution in [2.75, 3.05) is 6.54 Å². The van der Waals surface area contributed by atoms with Gasteiger partial charge in [-0.2, -0.15) is 0 Å². The number of nitrogens with zero attached hydrogens (tertiary/aromatic N) is 1. The van der Waals surface area contributed by atoms with Gasteiger partial charge in [-0.15, -0.1) is 0 Å². The average Bonchev–Trinajstić information content (AvgIpc) is 3.29. The molecule has 2 aromatic carbocycles. The van der Waals surface area contributed by atoms with Gasteiger partial charge in [0.1, 0.15) is 6.04 Å². The van der Waals surface area contributed by atoms with Crippen molar-refractivity contribution in [3.05, 3.63) is 76.9 Å². The Labute approximate surface area is 186 Å². The second-order valence-corrected chi connectivity index (χ2v) is 8.31. The predicted octanol–water partition coefficient (Wildman–Crippen LogP) is 3.15. The van der Waals surface area contributed by atoms with Crippen LogP contribution in [0.5, 0.6) is 0 Å². The van der Waals surface area contributed by atoms with Gasteiger partial charge >= 0.3 is 0 Å². The highest BCUT2D eigenvalue weighted by molar-refractivity contribution is 6.35. The Bertz CT molecular complexity index is 1090. The summed E-state index contributed by atoms with van der Waals surface area (Å²) in [5.74, 6) is -0.0984. The minimum absolute atomic E-state index is 0.153. The van der Waals surface area contributed by atoms with Gasteiger partial charge in [-0.1, -0.05) is 48.0 Å². The van der Waals surface area contributed by atoms with E-state index in [0.717, 1.165) is 23.0 Å². The molecule has 0 bridgehead atoms. The summed E-state index contributed by atoms with van der Waals surface area (Å²) in [6, 6.07) is 16.7. The maximum Gasteiger partial charge on any atom is 0.242 e. The lowest BCUT2D eigenvalue weighted by Crippen LogP contribution is -2.49. The Kier molecular flexibility index (Phi) is 6.49. The number of carbonyl (C=O) groups excluding carboxylic acids is 2. The Morgan fingerprint density at radius 3 is 2.81 bits per heavy atom. The molecule has 2 heterocycles. The second kappa shape index (κ2) is 9.45. The maximum atomic E-state index is 12.6. The van der Waals surface area contributed by atoms with Crippen molar-refractivity contribution >= 4 is 34.3 Å². The summed E-state index contributed by atoms with van der Waals surface area (Å²) in [6.45, 7) is 2.75. The number of aromatic nitrogens is 1. The van der Waals surface area contributed by atoms with Crippen LogP contribution in [-0.4, -0.2) is 35.4 Å². The van der Waals surface area contributed by atoms with Gasteiger partial charge in [0.15, 0.2) is 0 Å². The first kappa shape index (κ1) is 21.3. The number of hydrogen-bond acceptors (Lipinski definition) is 4. The topological polar surface area (TPSA) is 83.1 Å². The second-order valence-electron chi connectivity index (χ2n) is 7.90. The van der Waals surface area contributed by atoms with Crippen LogP contribution in [0.15, 0.2) is 60.8 Å². The standard InChI is InChI=1S/C24H25ClN4O2/c1-15(29-24(31)22-11-18(14-27-22)17-6-3-2-4-7-17)23(30)28-13-16-10-19-20(25)8-5-9-21(19)26-12-16/h2-10,12,15,18,22,27H,11,13-14H2,1H3,(H,28,30)(H,29,31)/t15-,18-,22+/m0/s1. The lowest BCUT2D eigenvalue weighted by molar-refractivity contribution is -0.129. The van der Waals surface area contributed by atoms with Crippen molar-refractivity contribution in [2.24, 2.45) is 0 Å². The van der Waals surface area contributed by atoms with Crippen LogP contribution in [0.2, 0.25) is 5.02 Å². The number of pyridine rings is 1. The van der Waals surface area contributed by atoms with E-state index in [1.807, 2.05) is 42.5 Å². The van der Waals surface area contributed by atoms with Crippen molar-refractivity contribution in [3.8, 4) is 0 Å². The van der Waals surface area contributed by atoms with Gasteiger partial charge in [0.25, 0.3) is 0 Å². The Hall–Kier alpha value is -2.96. The van der Waals surface area contributed by atoms with Crippen LogP contribution in [-0.2, 0) is 16.1 Å². The summed E-state index contributed by atoms with van der Waals surface area (Å²) in [5.41, 5.74) is 2.87. The summed E-state index contributed by atoms with van der Waals surface area (Å²) in [4.78, 5) is 29.5. The molecule has 1 aliphatic heterocycles. The van der Waals surface area contributed by atoms with E-state index in [2.05, 4.69) is 33.1 Å². The van der Waals surface area contributed by atoms with Crippen LogP contribution in [0.25, 0.3) is 10.9 Å². The molecule has 1 saturated heterocycles. The molecule has 0 aliphatic carbocycles. The normalized spacial score (nSPS) is 19.2. The van der Waals surface area contributed by atoms with Crippen LogP contribution >= 0.6 is 11.6 Å². The number of benzene rings is 2. The molecule has 3 N–H and O–H groups in total. The smallest absolute Gasteiger partial charge is 0.242 e. The molecule has 0 radical (unpaired) electrons. The largest absolute Gasteiger partial charge is 0.350 e. The number of hydrogen-bond donors (Lipinski definition) is 3. The van der Waals surface area contributed by atoms with E-state index < -0.39 is 6.04 Å². The molecule has 0 unspecified atom stereocenters. The van der Waals surface area contributed by atoms with Gasteiger partial charge in [0.2, 0.25) is 11.8 Å². The molecule has 31 heavy (non-hydrogen) atoms. The van der Waals surface area contributed by atoms with Crippen molar-refractivity contribution in [1.82, 2.24) is 20.9 Å². The number of carbonyl (C=O) groups is 2. The van der Waals surface area contributed by atoms with Gasteiger partial charge in [0.05, 0.1) is 11.6 Å². The Morgan fingerprint density at radius 2 is 2.00 bits per heavy atom. The van der Waals surface area contributed by atoms with E-state index in [0.29, 0.717) is 23.9 Å². The summed E-state index contributed by atoms with van der Waals surface area (Å²) in [5, 5.41) is 10.4. The fourth-order valence-corrected chi connectivity index (χ4v) is 4.11. The quantitative estimate of drug-likeness (QED) is 0.554. The first-order chi connectivity index (χ1) is 15.0. The van der Waals surface area contributed by atoms with Gasteiger partial charge < -0.3 is 16.0 Å². The van der Waals surface area contributed by atoms with E-state index in [-0.39, 0.29) is 17.9 Å². The molecule has 3 atom stereocenters. The maximum absolute atomic E-state index is 12.6. The highest BCUT2D eigenvalue weighted by Crippen LogP contribution is 2.25. The molecular formula is C24H25ClN4O2. The van der Waals surface area contributed by atoms with Crippen molar-refractivity contribution in [3.63, 3.8) is 0 Å². The van der Waals surface area contributed by atoms with Crippen molar-refractivity contribution in [1.29, 1.82) is 0 Å². The molecule has 160 valence electrons. The molecule has 0 saturated carbocycles. The minimum Gasteiger partial charge on any atom is -0.350 e. The lowest BCUT2D eigenvalue weighted by atomic mass is 9.96. The Balaban J connectivity index is 1.29. The zero-order chi connectivity index (χ0) is 21.8. The van der Waals surface area contributed by atoms with Crippen LogP contribution in [0, 0.1) is 0 Å². The van der Waals surface area contributed by atoms with Crippen LogP contribution in [0.1, 0.15) is 30.4 Å². The molecule has 1 fully saturated rings. The summed E-state index contributed by atoms with van der Waals surface area (Å²) < 4.78 is 0. The first-order valence-electron chi connectivity index (χ1n) is 10.4. The summed E-state index contributed by atoms with van der Waals surface area (Å²) >= 11 is 6.23. The van der Waals surface area contributed by atoms with E-state index in [9.17, 15) is 9.59 Å². The number of nitrogens with one attached hydrogen (secondary N) is 3. The fraction of sp³-hybridized carbons (Fsp3) is 0.292. The van der Waals surface area contributed by atoms with Gasteiger partial charge in [-0.25, -0.2) is 0 Å². The molecule has 1 aromatic heterocycles. The number of amides is 2. The predicted molar refractivity (Wildman–Crippen MR) is 122 cm³/mol. The summed E-state index contributed by atoms with van der Waals surface area (Å²) in [6.07, 6.45) is 2.43. The molecule has 4 rings (SSSR count). The monoisotopic (exact) mass is 436 g/mol. The molecular weight excluding hydrogens is 412 g/mol. The highest BCUT2D eigenvalue weighted by Gasteiger charge is 2.31. The van der Waals surface area contributed by atoms with Crippen LogP contribution in [0.3, 0.4) is 0 Å². The van der Waals surface area contributed by atoms with Gasteiger partial charge in [-0.3, -0.25) is 14.6 Å². The Morgan fingerprint density at radius 1 is 1.19 bits per heavy atom. The SMILES string of the molecule is C[C@H](NC(=O)[C@H]1C[C@H](c2ccccc2)CN1)C(=O)NCc1cnc2cccc(Cl)c2c1. The van der Waals surface area contributed by atoms with E-state index in [4.69, 9.17) is 11.6 Å². The van der Waals surface area contributed by atoms with Crippen LogP contribution in [0.4, 0.5) is 0 Å². The molecule has 3 aromatic rings. The fourth-order valence-electron chi connectivity index (χ4n) is 3.89. The molecule has 6 nitrogen and oxygen atoms in total. The average molecular weight is 437 g/mol. The van der Waals surface area contributed by atoms with Crippen molar-refractivity contribution in [2.45, 2.75) is 37.9 Å². The lowest BCUT2D eigenvalue weighted by Gasteiger charge is -2.17. The molecule has 7 heteroatoms. The molecule has 2 amide bonds. The van der Waals surface area contributed by atoms with Crippen LogP contribution < -0.4 is 16.0 Å². The van der Waals surface area contributed by atoms with Gasteiger partial charge in [0, 0.05) is 29.7 Å². The van der Waals surface area contributed by atoms with E-state index in [1.54, 1.807) is 13.1 Å². The third-order valence-electron chi connectivity index (χ3n) is 5.67. The van der Waals surface area contributed by atoms with Gasteiger partial charge in [-0.05, 0) is 48.6 Å². The van der Waals surface area contributed by atoms with E-state index in [1.165, 1.54) is 5.56 Å². The highest BCUT2D eigenvalue weighted by atomic mass is 35.5. The minimum atomic E-state index is -0.637. The third-order valence-corrected chi connectivity index (χ3v) is 6.00. The van der Waals surface area contributed by atoms with E-state index >= 15 is 0 Å². The van der Waals surface area contributed by atoms with Crippen molar-refractivity contribution < 1.29 is 9.59 Å². The number of fused-ring (bicyclic) bond motifs is 1. The third kappa shape index (κ3) is 5.03.